The van der Waals surface area contributed by atoms with E-state index in [1.54, 1.807) is 7.05 Å². The molecule has 5 nitrogen and oxygen atoms in total. The molecule has 0 rings (SSSR count). The zero-order valence-electron chi connectivity index (χ0n) is 4.43. The molecule has 0 bridgehead atoms. The average Bonchev–Trinajstić information content (AvgIpc) is 1.68. The highest BCUT2D eigenvalue weighted by molar-refractivity contribution is 4.22. The fraction of sp³-hybridized carbons (Fsp3) is 1.00. The first-order valence-electron chi connectivity index (χ1n) is 1.84. The Kier molecular flexibility index (Phi) is 3.86. The van der Waals surface area contributed by atoms with E-state index in [1.165, 1.54) is 7.11 Å². The molecule has 44 valence electrons. The highest BCUT2D eigenvalue weighted by Gasteiger charge is 1.78. The zero-order valence-corrected chi connectivity index (χ0v) is 4.43. The molecule has 0 aliphatic carbocycles. The molecule has 0 amide bonds. The second kappa shape index (κ2) is 3.97. The van der Waals surface area contributed by atoms with Gasteiger partial charge in [0.1, 0.15) is 0 Å². The second-order valence-corrected chi connectivity index (χ2v) is 1.02. The Morgan fingerprint density at radius 1 is 1.86 bits per heavy atom. The van der Waals surface area contributed by atoms with Gasteiger partial charge in [0.2, 0.25) is 0 Å². The predicted molar refractivity (Wildman–Crippen MR) is 24.6 cm³/mol. The number of hydrogen-bond donors (Lipinski definition) is 3. The molecule has 0 aliphatic rings. The van der Waals surface area contributed by atoms with Crippen LogP contribution >= 0.6 is 0 Å². The third-order valence-electron chi connectivity index (χ3n) is 0.443. The molecule has 1 atom stereocenters. The van der Waals surface area contributed by atoms with Crippen molar-refractivity contribution in [3.63, 3.8) is 0 Å². The first-order valence-corrected chi connectivity index (χ1v) is 1.84. The normalized spacial score (nSPS) is 14.1. The van der Waals surface area contributed by atoms with Gasteiger partial charge in [-0.25, -0.2) is 0 Å². The van der Waals surface area contributed by atoms with Crippen molar-refractivity contribution in [2.45, 2.75) is 0 Å². The van der Waals surface area contributed by atoms with Crippen molar-refractivity contribution < 1.29 is 9.96 Å². The van der Waals surface area contributed by atoms with Crippen LogP contribution in [0.2, 0.25) is 0 Å². The van der Waals surface area contributed by atoms with Gasteiger partial charge in [-0.15, -0.1) is 0 Å². The van der Waals surface area contributed by atoms with Crippen molar-refractivity contribution in [3.05, 3.63) is 5.53 Å². The number of hydrogen-bond acceptors (Lipinski definition) is 3. The van der Waals surface area contributed by atoms with Gasteiger partial charge < -0.3 is 11.4 Å². The minimum absolute atomic E-state index is 0.558. The number of nitrogens with zero attached hydrogens (tertiary/aromatic N) is 1. The summed E-state index contributed by atoms with van der Waals surface area (Å²) in [5.41, 5.74) is 5.68. The van der Waals surface area contributed by atoms with Crippen LogP contribution in [0, 0.1) is 0 Å². The van der Waals surface area contributed by atoms with Crippen molar-refractivity contribution in [2.75, 3.05) is 14.2 Å². The molecule has 0 heterocycles. The Balaban J connectivity index is 2.83. The monoisotopic (exact) mass is 106 g/mol. The van der Waals surface area contributed by atoms with Crippen molar-refractivity contribution in [2.24, 2.45) is 5.84 Å². The summed E-state index contributed by atoms with van der Waals surface area (Å²) in [5, 5.41) is 0.558. The third kappa shape index (κ3) is 3.64. The van der Waals surface area contributed by atoms with E-state index in [2.05, 4.69) is 16.0 Å². The van der Waals surface area contributed by atoms with Gasteiger partial charge in [-0.1, -0.05) is 5.59 Å². The quantitative estimate of drug-likeness (QED) is 0.281. The van der Waals surface area contributed by atoms with Gasteiger partial charge in [0, 0.05) is 0 Å². The Hall–Kier alpha value is -0.200. The van der Waals surface area contributed by atoms with Gasteiger partial charge in [-0.2, -0.15) is 0 Å². The minimum atomic E-state index is 0.558. The maximum atomic E-state index is 4.80. The molecule has 0 aromatic rings. The maximum Gasteiger partial charge on any atom is 0.0777 e. The highest BCUT2D eigenvalue weighted by atomic mass is 16.7. The molecule has 1 unspecified atom stereocenters. The molecule has 0 saturated carbocycles. The average molecular weight is 106 g/mol. The molecule has 5 heteroatoms. The lowest BCUT2D eigenvalue weighted by molar-refractivity contribution is -0.921. The summed E-state index contributed by atoms with van der Waals surface area (Å²) in [4.78, 5) is 4.43. The molecule has 7 heavy (non-hydrogen) atoms. The van der Waals surface area contributed by atoms with Gasteiger partial charge in [-0.05, 0) is 0 Å². The summed E-state index contributed by atoms with van der Waals surface area (Å²) in [6.45, 7) is 0. The van der Waals surface area contributed by atoms with E-state index in [4.69, 9.17) is 5.84 Å². The lowest BCUT2D eigenvalue weighted by Crippen LogP contribution is -3.12. The van der Waals surface area contributed by atoms with Crippen LogP contribution in [0.3, 0.4) is 0 Å². The fourth-order valence-corrected chi connectivity index (χ4v) is 0.174. The van der Waals surface area contributed by atoms with Crippen molar-refractivity contribution >= 4 is 0 Å². The van der Waals surface area contributed by atoms with Crippen LogP contribution < -0.4 is 16.5 Å². The van der Waals surface area contributed by atoms with E-state index in [1.807, 2.05) is 0 Å². The molecule has 4 N–H and O–H groups in total. The molecular formula is C2H10N4O. The molecule has 0 spiro atoms. The standard InChI is InChI=1S/C2H10N4O/c1-6(4-3)5-7-2/h5-6H,3H2,1-2H3. The van der Waals surface area contributed by atoms with Crippen LogP contribution in [0.25, 0.3) is 5.53 Å². The van der Waals surface area contributed by atoms with E-state index < -0.39 is 0 Å². The first kappa shape index (κ1) is 6.80. The van der Waals surface area contributed by atoms with Crippen LogP contribution in [0.15, 0.2) is 0 Å². The summed E-state index contributed by atoms with van der Waals surface area (Å²) in [6.07, 6.45) is 0. The molecule has 0 saturated heterocycles. The Morgan fingerprint density at radius 3 is 2.57 bits per heavy atom. The molecule has 0 aromatic heterocycles. The summed E-state index contributed by atoms with van der Waals surface area (Å²) >= 11 is 0. The van der Waals surface area contributed by atoms with Gasteiger partial charge >= 0.3 is 0 Å². The largest absolute Gasteiger partial charge is 0.389 e. The van der Waals surface area contributed by atoms with Crippen molar-refractivity contribution in [1.29, 1.82) is 0 Å². The molecule has 0 aromatic carbocycles. The van der Waals surface area contributed by atoms with Crippen LogP contribution in [0.5, 0.6) is 0 Å². The van der Waals surface area contributed by atoms with Gasteiger partial charge in [0.15, 0.2) is 0 Å². The third-order valence-corrected chi connectivity index (χ3v) is 0.443. The lowest BCUT2D eigenvalue weighted by atomic mass is 11.4. The number of rotatable bonds is 3. The van der Waals surface area contributed by atoms with Crippen LogP contribution in [-0.2, 0) is 4.84 Å². The Labute approximate surface area is 42.3 Å². The smallest absolute Gasteiger partial charge is 0.0777 e. The lowest BCUT2D eigenvalue weighted by Gasteiger charge is -2.19. The summed E-state index contributed by atoms with van der Waals surface area (Å²) in [6, 6.07) is 0. The van der Waals surface area contributed by atoms with Gasteiger partial charge in [-0.3, -0.25) is 9.96 Å². The SMILES string of the molecule is CON[NH+](C)[N-]N. The maximum absolute atomic E-state index is 4.80. The Morgan fingerprint density at radius 2 is 2.43 bits per heavy atom. The number of quaternary nitrogens is 1. The zero-order chi connectivity index (χ0) is 5.70. The molecular weight excluding hydrogens is 96.0 g/mol. The molecule has 0 aliphatic heterocycles. The van der Waals surface area contributed by atoms with E-state index >= 15 is 0 Å². The van der Waals surface area contributed by atoms with E-state index in [9.17, 15) is 0 Å². The van der Waals surface area contributed by atoms with Crippen LogP contribution in [0.1, 0.15) is 0 Å². The number of nitrogens with two attached hydrogens (primary N) is 1. The van der Waals surface area contributed by atoms with E-state index in [-0.39, 0.29) is 0 Å². The summed E-state index contributed by atoms with van der Waals surface area (Å²) in [7, 11) is 3.19. The topological polar surface area (TPSA) is 65.8 Å². The number of nitrogens with one attached hydrogen (secondary N) is 2. The summed E-state index contributed by atoms with van der Waals surface area (Å²) < 4.78 is 0. The van der Waals surface area contributed by atoms with E-state index in [0.29, 0.717) is 5.12 Å². The van der Waals surface area contributed by atoms with E-state index in [0.717, 1.165) is 0 Å². The van der Waals surface area contributed by atoms with Crippen molar-refractivity contribution in [3.8, 4) is 0 Å². The van der Waals surface area contributed by atoms with Gasteiger partial charge in [0.25, 0.3) is 0 Å². The minimum Gasteiger partial charge on any atom is -0.389 e. The van der Waals surface area contributed by atoms with Gasteiger partial charge in [0.05, 0.1) is 14.2 Å². The predicted octanol–water partition coefficient (Wildman–Crippen LogP) is -2.27. The van der Waals surface area contributed by atoms with Crippen LogP contribution in [-0.4, -0.2) is 14.2 Å². The van der Waals surface area contributed by atoms with Crippen molar-refractivity contribution in [1.82, 2.24) is 5.59 Å². The van der Waals surface area contributed by atoms with Crippen LogP contribution in [0.4, 0.5) is 0 Å². The second-order valence-electron chi connectivity index (χ2n) is 1.02. The fourth-order valence-electron chi connectivity index (χ4n) is 0.174. The summed E-state index contributed by atoms with van der Waals surface area (Å²) in [5.74, 6) is 4.80. The first-order chi connectivity index (χ1) is 3.31. The molecule has 0 fully saturated rings. The molecule has 0 radical (unpaired) electrons. The highest BCUT2D eigenvalue weighted by Crippen LogP contribution is 1.38. The Bertz CT molecular complexity index is 40.7.